The molecule has 2 heterocycles. The van der Waals surface area contributed by atoms with Gasteiger partial charge in [-0.25, -0.2) is 13.1 Å². The van der Waals surface area contributed by atoms with Crippen LogP contribution in [0.3, 0.4) is 0 Å². The number of aromatic nitrogens is 2. The van der Waals surface area contributed by atoms with Gasteiger partial charge in [-0.3, -0.25) is 10.00 Å². The van der Waals surface area contributed by atoms with Gasteiger partial charge in [-0.15, -0.1) is 0 Å². The largest absolute Gasteiger partial charge is 0.299 e. The molecule has 1 fully saturated rings. The van der Waals surface area contributed by atoms with Gasteiger partial charge in [-0.05, 0) is 24.4 Å². The van der Waals surface area contributed by atoms with Crippen molar-refractivity contribution in [2.24, 2.45) is 5.92 Å². The van der Waals surface area contributed by atoms with Gasteiger partial charge in [0, 0.05) is 25.2 Å². The van der Waals surface area contributed by atoms with Crippen LogP contribution in [0.15, 0.2) is 36.5 Å². The lowest BCUT2D eigenvalue weighted by Gasteiger charge is -2.16. The number of likely N-dealkylation sites (tertiary alicyclic amines) is 1. The number of sulfonamides is 1. The Balaban J connectivity index is 1.60. The van der Waals surface area contributed by atoms with Crippen LogP contribution < -0.4 is 4.72 Å². The lowest BCUT2D eigenvalue weighted by molar-refractivity contribution is 0.317. The first-order valence-corrected chi connectivity index (χ1v) is 9.65. The lowest BCUT2D eigenvalue weighted by atomic mass is 10.1. The minimum absolute atomic E-state index is 0.372. The van der Waals surface area contributed by atoms with Gasteiger partial charge < -0.3 is 0 Å². The molecule has 1 atom stereocenters. The molecule has 0 bridgehead atoms. The summed E-state index contributed by atoms with van der Waals surface area (Å²) in [5, 5.41) is 7.27. The number of hydrogen-bond donors (Lipinski definition) is 2. The van der Waals surface area contributed by atoms with E-state index in [-0.39, 0.29) is 0 Å². The molecule has 0 spiro atoms. The standard InChI is InChI=1S/C16H22N4O2S/c1-23(21,22)18-9-13-7-8-20(11-13)12-15-10-17-19-16(15)14-5-3-2-4-6-14/h2-6,10,13,18H,7-9,11-12H2,1H3,(H,17,19)/t13-/m0/s1. The molecule has 23 heavy (non-hydrogen) atoms. The van der Waals surface area contributed by atoms with Gasteiger partial charge in [0.2, 0.25) is 10.0 Å². The van der Waals surface area contributed by atoms with Crippen LogP contribution in [0, 0.1) is 5.92 Å². The van der Waals surface area contributed by atoms with Crippen molar-refractivity contribution in [3.63, 3.8) is 0 Å². The Kier molecular flexibility index (Phi) is 4.79. The van der Waals surface area contributed by atoms with E-state index in [0.717, 1.165) is 37.3 Å². The molecule has 1 aromatic carbocycles. The summed E-state index contributed by atoms with van der Waals surface area (Å²) in [4.78, 5) is 2.35. The fourth-order valence-electron chi connectivity index (χ4n) is 3.02. The molecule has 0 amide bonds. The average molecular weight is 334 g/mol. The predicted octanol–water partition coefficient (Wildman–Crippen LogP) is 1.45. The number of hydrogen-bond acceptors (Lipinski definition) is 4. The van der Waals surface area contributed by atoms with Gasteiger partial charge in [0.25, 0.3) is 0 Å². The maximum absolute atomic E-state index is 11.2. The van der Waals surface area contributed by atoms with Crippen molar-refractivity contribution in [1.82, 2.24) is 19.8 Å². The van der Waals surface area contributed by atoms with Crippen LogP contribution in [-0.2, 0) is 16.6 Å². The number of nitrogens with one attached hydrogen (secondary N) is 2. The molecule has 0 saturated carbocycles. The zero-order valence-electron chi connectivity index (χ0n) is 13.2. The molecule has 1 saturated heterocycles. The second-order valence-electron chi connectivity index (χ2n) is 6.15. The Morgan fingerprint density at radius 3 is 2.87 bits per heavy atom. The topological polar surface area (TPSA) is 78.1 Å². The fraction of sp³-hybridized carbons (Fsp3) is 0.438. The quantitative estimate of drug-likeness (QED) is 0.838. The Hall–Kier alpha value is -1.70. The lowest BCUT2D eigenvalue weighted by Crippen LogP contribution is -2.30. The van der Waals surface area contributed by atoms with Crippen molar-refractivity contribution >= 4 is 10.0 Å². The Morgan fingerprint density at radius 1 is 1.35 bits per heavy atom. The maximum atomic E-state index is 11.2. The maximum Gasteiger partial charge on any atom is 0.208 e. The number of rotatable bonds is 6. The third kappa shape index (κ3) is 4.40. The van der Waals surface area contributed by atoms with E-state index in [0.29, 0.717) is 12.5 Å². The number of aromatic amines is 1. The second kappa shape index (κ2) is 6.82. The third-order valence-electron chi connectivity index (χ3n) is 4.18. The van der Waals surface area contributed by atoms with Crippen molar-refractivity contribution in [2.75, 3.05) is 25.9 Å². The highest BCUT2D eigenvalue weighted by molar-refractivity contribution is 7.88. The summed E-state index contributed by atoms with van der Waals surface area (Å²) in [6.07, 6.45) is 4.10. The Labute approximate surface area is 137 Å². The molecule has 0 radical (unpaired) electrons. The van der Waals surface area contributed by atoms with Crippen molar-refractivity contribution in [3.8, 4) is 11.3 Å². The minimum atomic E-state index is -3.11. The highest BCUT2D eigenvalue weighted by atomic mass is 32.2. The summed E-state index contributed by atoms with van der Waals surface area (Å²) in [6.45, 7) is 3.24. The normalized spacial score (nSPS) is 19.3. The van der Waals surface area contributed by atoms with E-state index in [1.54, 1.807) is 0 Å². The van der Waals surface area contributed by atoms with Crippen LogP contribution in [0.2, 0.25) is 0 Å². The van der Waals surface area contributed by atoms with E-state index in [4.69, 9.17) is 0 Å². The van der Waals surface area contributed by atoms with E-state index >= 15 is 0 Å². The molecule has 2 N–H and O–H groups in total. The highest BCUT2D eigenvalue weighted by Crippen LogP contribution is 2.24. The monoisotopic (exact) mass is 334 g/mol. The second-order valence-corrected chi connectivity index (χ2v) is 7.98. The van der Waals surface area contributed by atoms with Gasteiger partial charge >= 0.3 is 0 Å². The molecule has 1 aromatic heterocycles. The van der Waals surface area contributed by atoms with Crippen molar-refractivity contribution in [2.45, 2.75) is 13.0 Å². The third-order valence-corrected chi connectivity index (χ3v) is 4.87. The van der Waals surface area contributed by atoms with Crippen LogP contribution in [0.25, 0.3) is 11.3 Å². The predicted molar refractivity (Wildman–Crippen MR) is 90.3 cm³/mol. The summed E-state index contributed by atoms with van der Waals surface area (Å²) >= 11 is 0. The molecular weight excluding hydrogens is 312 g/mol. The first-order valence-electron chi connectivity index (χ1n) is 7.76. The molecule has 0 unspecified atom stereocenters. The molecule has 124 valence electrons. The zero-order valence-corrected chi connectivity index (χ0v) is 14.0. The molecule has 2 aromatic rings. The molecule has 0 aliphatic carbocycles. The number of H-pyrrole nitrogens is 1. The van der Waals surface area contributed by atoms with Crippen LogP contribution in [0.1, 0.15) is 12.0 Å². The van der Waals surface area contributed by atoms with Crippen molar-refractivity contribution < 1.29 is 8.42 Å². The summed E-state index contributed by atoms with van der Waals surface area (Å²) in [5.74, 6) is 0.372. The SMILES string of the molecule is CS(=O)(=O)NC[C@@H]1CCN(Cc2cn[nH]c2-c2ccccc2)C1. The molecule has 1 aliphatic rings. The molecule has 1 aliphatic heterocycles. The summed E-state index contributed by atoms with van der Waals surface area (Å²) in [6, 6.07) is 10.2. The Morgan fingerprint density at radius 2 is 2.13 bits per heavy atom. The summed E-state index contributed by atoms with van der Waals surface area (Å²) in [5.41, 5.74) is 3.37. The van der Waals surface area contributed by atoms with Gasteiger partial charge in [0.15, 0.2) is 0 Å². The number of benzene rings is 1. The highest BCUT2D eigenvalue weighted by Gasteiger charge is 2.24. The Bertz CT molecular complexity index is 742. The number of nitrogens with zero attached hydrogens (tertiary/aromatic N) is 2. The zero-order chi connectivity index (χ0) is 16.3. The van der Waals surface area contributed by atoms with E-state index in [9.17, 15) is 8.42 Å². The van der Waals surface area contributed by atoms with Crippen LogP contribution >= 0.6 is 0 Å². The van der Waals surface area contributed by atoms with Crippen molar-refractivity contribution in [1.29, 1.82) is 0 Å². The van der Waals surface area contributed by atoms with Crippen LogP contribution in [0.5, 0.6) is 0 Å². The first kappa shape index (κ1) is 16.2. The molecular formula is C16H22N4O2S. The molecule has 6 nitrogen and oxygen atoms in total. The van der Waals surface area contributed by atoms with E-state index in [1.807, 2.05) is 24.4 Å². The van der Waals surface area contributed by atoms with Gasteiger partial charge in [-0.1, -0.05) is 30.3 Å². The minimum Gasteiger partial charge on any atom is -0.299 e. The fourth-order valence-corrected chi connectivity index (χ4v) is 3.56. The first-order chi connectivity index (χ1) is 11.0. The van der Waals surface area contributed by atoms with E-state index < -0.39 is 10.0 Å². The van der Waals surface area contributed by atoms with Crippen LogP contribution in [-0.4, -0.2) is 49.4 Å². The van der Waals surface area contributed by atoms with Gasteiger partial charge in [0.05, 0.1) is 18.1 Å². The van der Waals surface area contributed by atoms with Crippen molar-refractivity contribution in [3.05, 3.63) is 42.1 Å². The van der Waals surface area contributed by atoms with Gasteiger partial charge in [-0.2, -0.15) is 5.10 Å². The molecule has 7 heteroatoms. The van der Waals surface area contributed by atoms with E-state index in [2.05, 4.69) is 32.0 Å². The van der Waals surface area contributed by atoms with Gasteiger partial charge in [0.1, 0.15) is 0 Å². The molecule has 3 rings (SSSR count). The average Bonchev–Trinajstić information content (AvgIpc) is 3.15. The van der Waals surface area contributed by atoms with E-state index in [1.165, 1.54) is 11.8 Å². The smallest absolute Gasteiger partial charge is 0.208 e. The summed E-state index contributed by atoms with van der Waals surface area (Å²) in [7, 11) is -3.11. The summed E-state index contributed by atoms with van der Waals surface area (Å²) < 4.78 is 25.0. The van der Waals surface area contributed by atoms with Crippen LogP contribution in [0.4, 0.5) is 0 Å².